The third-order valence-electron chi connectivity index (χ3n) is 3.37. The summed E-state index contributed by atoms with van der Waals surface area (Å²) >= 11 is 0. The molecule has 0 radical (unpaired) electrons. The molecule has 5 heteroatoms. The highest BCUT2D eigenvalue weighted by Gasteiger charge is 2.14. The molecule has 2 rings (SSSR count). The zero-order valence-corrected chi connectivity index (χ0v) is 11.1. The van der Waals surface area contributed by atoms with E-state index >= 15 is 0 Å². The van der Waals surface area contributed by atoms with Crippen molar-refractivity contribution >= 4 is 0 Å². The van der Waals surface area contributed by atoms with E-state index in [0.717, 1.165) is 39.3 Å². The predicted octanol–water partition coefficient (Wildman–Crippen LogP) is 2.24. The first-order valence-electron chi connectivity index (χ1n) is 6.53. The van der Waals surface area contributed by atoms with Gasteiger partial charge < -0.3 is 9.47 Å². The van der Waals surface area contributed by atoms with E-state index in [4.69, 9.17) is 9.47 Å². The second kappa shape index (κ2) is 6.82. The van der Waals surface area contributed by atoms with Gasteiger partial charge in [0.15, 0.2) is 11.6 Å². The SMILES string of the molecule is COc1ccc(CCCN2CCOCC2)c(F)c1F. The van der Waals surface area contributed by atoms with E-state index < -0.39 is 11.6 Å². The predicted molar refractivity (Wildman–Crippen MR) is 68.5 cm³/mol. The molecule has 1 heterocycles. The lowest BCUT2D eigenvalue weighted by Gasteiger charge is -2.26. The van der Waals surface area contributed by atoms with Crippen LogP contribution < -0.4 is 4.74 Å². The Kier molecular flexibility index (Phi) is 5.10. The van der Waals surface area contributed by atoms with Crippen LogP contribution >= 0.6 is 0 Å². The van der Waals surface area contributed by atoms with Gasteiger partial charge in [0.1, 0.15) is 0 Å². The number of benzene rings is 1. The Morgan fingerprint density at radius 1 is 1.21 bits per heavy atom. The second-order valence-corrected chi connectivity index (χ2v) is 4.61. The topological polar surface area (TPSA) is 21.7 Å². The van der Waals surface area contributed by atoms with E-state index in [-0.39, 0.29) is 5.75 Å². The zero-order valence-electron chi connectivity index (χ0n) is 11.1. The molecule has 1 aliphatic rings. The van der Waals surface area contributed by atoms with Gasteiger partial charge in [-0.25, -0.2) is 4.39 Å². The normalized spacial score (nSPS) is 16.6. The molecule has 0 spiro atoms. The Morgan fingerprint density at radius 2 is 1.95 bits per heavy atom. The van der Waals surface area contributed by atoms with Crippen LogP contribution in [-0.2, 0) is 11.2 Å². The molecular weight excluding hydrogens is 252 g/mol. The van der Waals surface area contributed by atoms with Gasteiger partial charge in [-0.1, -0.05) is 6.07 Å². The fourth-order valence-corrected chi connectivity index (χ4v) is 2.24. The Balaban J connectivity index is 1.87. The molecule has 1 saturated heterocycles. The van der Waals surface area contributed by atoms with E-state index in [1.165, 1.54) is 13.2 Å². The largest absolute Gasteiger partial charge is 0.494 e. The smallest absolute Gasteiger partial charge is 0.200 e. The van der Waals surface area contributed by atoms with Crippen LogP contribution in [-0.4, -0.2) is 44.9 Å². The molecule has 1 aromatic rings. The van der Waals surface area contributed by atoms with Crippen LogP contribution in [0.25, 0.3) is 0 Å². The molecule has 0 aromatic heterocycles. The lowest BCUT2D eigenvalue weighted by molar-refractivity contribution is 0.0374. The summed E-state index contributed by atoms with van der Waals surface area (Å²) < 4.78 is 37.2. The van der Waals surface area contributed by atoms with E-state index in [1.54, 1.807) is 6.07 Å². The summed E-state index contributed by atoms with van der Waals surface area (Å²) in [5.74, 6) is -1.73. The van der Waals surface area contributed by atoms with E-state index in [9.17, 15) is 8.78 Å². The van der Waals surface area contributed by atoms with Gasteiger partial charge in [-0.3, -0.25) is 4.90 Å². The molecule has 3 nitrogen and oxygen atoms in total. The van der Waals surface area contributed by atoms with Crippen molar-refractivity contribution in [2.24, 2.45) is 0 Å². The maximum Gasteiger partial charge on any atom is 0.200 e. The average molecular weight is 271 g/mol. The standard InChI is InChI=1S/C14H19F2NO2/c1-18-12-5-4-11(13(15)14(12)16)3-2-6-17-7-9-19-10-8-17/h4-5H,2-3,6-10H2,1H3. The van der Waals surface area contributed by atoms with Gasteiger partial charge in [0.2, 0.25) is 5.82 Å². The second-order valence-electron chi connectivity index (χ2n) is 4.61. The number of methoxy groups -OCH3 is 1. The molecule has 0 atom stereocenters. The minimum absolute atomic E-state index is 0.0468. The molecule has 19 heavy (non-hydrogen) atoms. The van der Waals surface area contributed by atoms with Crippen molar-refractivity contribution in [3.05, 3.63) is 29.3 Å². The number of nitrogens with zero attached hydrogens (tertiary/aromatic N) is 1. The summed E-state index contributed by atoms with van der Waals surface area (Å²) in [6, 6.07) is 3.07. The monoisotopic (exact) mass is 271 g/mol. The van der Waals surface area contributed by atoms with Gasteiger partial charge >= 0.3 is 0 Å². The van der Waals surface area contributed by atoms with Crippen molar-refractivity contribution in [3.8, 4) is 5.75 Å². The summed E-state index contributed by atoms with van der Waals surface area (Å²) in [7, 11) is 1.33. The Morgan fingerprint density at radius 3 is 2.63 bits per heavy atom. The first kappa shape index (κ1) is 14.2. The van der Waals surface area contributed by atoms with Crippen molar-refractivity contribution in [2.75, 3.05) is 40.0 Å². The number of ether oxygens (including phenoxy) is 2. The Bertz CT molecular complexity index is 420. The van der Waals surface area contributed by atoms with Crippen molar-refractivity contribution < 1.29 is 18.3 Å². The van der Waals surface area contributed by atoms with Crippen LogP contribution in [0.1, 0.15) is 12.0 Å². The number of morpholine rings is 1. The van der Waals surface area contributed by atoms with E-state index in [1.807, 2.05) is 0 Å². The third kappa shape index (κ3) is 3.64. The molecular formula is C14H19F2NO2. The molecule has 0 bridgehead atoms. The van der Waals surface area contributed by atoms with Gasteiger partial charge in [0.25, 0.3) is 0 Å². The maximum atomic E-state index is 13.7. The zero-order chi connectivity index (χ0) is 13.7. The number of rotatable bonds is 5. The van der Waals surface area contributed by atoms with Crippen molar-refractivity contribution in [1.29, 1.82) is 0 Å². The first-order valence-corrected chi connectivity index (χ1v) is 6.53. The summed E-state index contributed by atoms with van der Waals surface area (Å²) in [6.07, 6.45) is 1.34. The summed E-state index contributed by atoms with van der Waals surface area (Å²) in [4.78, 5) is 2.28. The molecule has 1 aromatic carbocycles. The Labute approximate surface area is 112 Å². The average Bonchev–Trinajstić information content (AvgIpc) is 2.45. The highest BCUT2D eigenvalue weighted by atomic mass is 19.2. The highest BCUT2D eigenvalue weighted by molar-refractivity contribution is 5.31. The van der Waals surface area contributed by atoms with Gasteiger partial charge in [-0.2, -0.15) is 4.39 Å². The molecule has 1 aliphatic heterocycles. The lowest BCUT2D eigenvalue weighted by atomic mass is 10.1. The van der Waals surface area contributed by atoms with Crippen LogP contribution in [0.15, 0.2) is 12.1 Å². The van der Waals surface area contributed by atoms with Crippen molar-refractivity contribution in [3.63, 3.8) is 0 Å². The molecule has 0 saturated carbocycles. The van der Waals surface area contributed by atoms with Crippen LogP contribution in [0.2, 0.25) is 0 Å². The fourth-order valence-electron chi connectivity index (χ4n) is 2.24. The summed E-state index contributed by atoms with van der Waals surface area (Å²) in [5, 5.41) is 0. The van der Waals surface area contributed by atoms with Crippen LogP contribution in [0.5, 0.6) is 5.75 Å². The summed E-state index contributed by atoms with van der Waals surface area (Å²) in [5.41, 5.74) is 0.409. The number of hydrogen-bond acceptors (Lipinski definition) is 3. The molecule has 0 aliphatic carbocycles. The van der Waals surface area contributed by atoms with E-state index in [0.29, 0.717) is 12.0 Å². The van der Waals surface area contributed by atoms with E-state index in [2.05, 4.69) is 4.90 Å². The number of halogens is 2. The molecule has 106 valence electrons. The molecule has 1 fully saturated rings. The quantitative estimate of drug-likeness (QED) is 0.820. The van der Waals surface area contributed by atoms with Gasteiger partial charge in [-0.15, -0.1) is 0 Å². The molecule has 0 unspecified atom stereocenters. The van der Waals surface area contributed by atoms with Crippen LogP contribution in [0, 0.1) is 11.6 Å². The lowest BCUT2D eigenvalue weighted by Crippen LogP contribution is -2.36. The molecule has 0 amide bonds. The maximum absolute atomic E-state index is 13.7. The number of hydrogen-bond donors (Lipinski definition) is 0. The number of aryl methyl sites for hydroxylation is 1. The van der Waals surface area contributed by atoms with Crippen molar-refractivity contribution in [1.82, 2.24) is 4.90 Å². The van der Waals surface area contributed by atoms with Gasteiger partial charge in [0, 0.05) is 13.1 Å². The first-order chi connectivity index (χ1) is 9.22. The van der Waals surface area contributed by atoms with Gasteiger partial charge in [-0.05, 0) is 31.0 Å². The highest BCUT2D eigenvalue weighted by Crippen LogP contribution is 2.23. The van der Waals surface area contributed by atoms with Crippen LogP contribution in [0.3, 0.4) is 0 Å². The summed E-state index contributed by atoms with van der Waals surface area (Å²) in [6.45, 7) is 4.23. The minimum atomic E-state index is -0.897. The van der Waals surface area contributed by atoms with Crippen molar-refractivity contribution in [2.45, 2.75) is 12.8 Å². The van der Waals surface area contributed by atoms with Crippen LogP contribution in [0.4, 0.5) is 8.78 Å². The molecule has 0 N–H and O–H groups in total. The Hall–Kier alpha value is -1.20. The minimum Gasteiger partial charge on any atom is -0.494 e. The van der Waals surface area contributed by atoms with Gasteiger partial charge in [0.05, 0.1) is 20.3 Å². The third-order valence-corrected chi connectivity index (χ3v) is 3.37. The fraction of sp³-hybridized carbons (Fsp3) is 0.571.